The van der Waals surface area contributed by atoms with Crippen molar-refractivity contribution in [2.75, 3.05) is 27.2 Å². The third-order valence-corrected chi connectivity index (χ3v) is 3.04. The summed E-state index contributed by atoms with van der Waals surface area (Å²) in [6, 6.07) is 0.504. The van der Waals surface area contributed by atoms with Gasteiger partial charge in [-0.2, -0.15) is 0 Å². The highest BCUT2D eigenvalue weighted by molar-refractivity contribution is 5.78. The highest BCUT2D eigenvalue weighted by Crippen LogP contribution is 2.10. The fraction of sp³-hybridized carbons (Fsp3) is 0.833. The van der Waals surface area contributed by atoms with Crippen molar-refractivity contribution in [3.63, 3.8) is 0 Å². The first kappa shape index (κ1) is 14.0. The van der Waals surface area contributed by atoms with E-state index in [1.807, 2.05) is 0 Å². The zero-order valence-corrected chi connectivity index (χ0v) is 10.8. The molecule has 98 valence electrons. The largest absolute Gasteiger partial charge is 0.356 e. The molecule has 1 atom stereocenters. The maximum Gasteiger partial charge on any atom is 0.223 e. The van der Waals surface area contributed by atoms with Gasteiger partial charge < -0.3 is 15.5 Å². The van der Waals surface area contributed by atoms with Gasteiger partial charge in [0.25, 0.3) is 0 Å². The van der Waals surface area contributed by atoms with Gasteiger partial charge in [-0.15, -0.1) is 0 Å². The van der Waals surface area contributed by atoms with Gasteiger partial charge in [-0.05, 0) is 25.8 Å². The number of amides is 2. The number of hydrogen-bond donors (Lipinski definition) is 2. The highest BCUT2D eigenvalue weighted by Gasteiger charge is 2.15. The zero-order chi connectivity index (χ0) is 12.7. The molecule has 1 unspecified atom stereocenters. The van der Waals surface area contributed by atoms with E-state index in [9.17, 15) is 9.59 Å². The van der Waals surface area contributed by atoms with Crippen molar-refractivity contribution < 1.29 is 9.59 Å². The Hall–Kier alpha value is -1.10. The van der Waals surface area contributed by atoms with Gasteiger partial charge in [-0.25, -0.2) is 0 Å². The summed E-state index contributed by atoms with van der Waals surface area (Å²) in [6.07, 6.45) is 4.21. The molecule has 1 rings (SSSR count). The van der Waals surface area contributed by atoms with Crippen molar-refractivity contribution in [1.29, 1.82) is 0 Å². The van der Waals surface area contributed by atoms with Crippen LogP contribution in [0.15, 0.2) is 0 Å². The molecule has 5 nitrogen and oxygen atoms in total. The van der Waals surface area contributed by atoms with Crippen LogP contribution in [0.25, 0.3) is 0 Å². The number of nitrogens with one attached hydrogen (secondary N) is 2. The zero-order valence-electron chi connectivity index (χ0n) is 10.8. The van der Waals surface area contributed by atoms with E-state index in [1.165, 1.54) is 17.7 Å². The predicted molar refractivity (Wildman–Crippen MR) is 66.6 cm³/mol. The van der Waals surface area contributed by atoms with Crippen LogP contribution in [0.4, 0.5) is 0 Å². The second-order valence-corrected chi connectivity index (χ2v) is 4.72. The van der Waals surface area contributed by atoms with E-state index >= 15 is 0 Å². The summed E-state index contributed by atoms with van der Waals surface area (Å²) in [7, 11) is 3.44. The van der Waals surface area contributed by atoms with Crippen LogP contribution >= 0.6 is 0 Å². The molecule has 2 N–H and O–H groups in total. The normalized spacial score (nSPS) is 19.1. The minimum absolute atomic E-state index is 0.0442. The van der Waals surface area contributed by atoms with E-state index in [4.69, 9.17) is 0 Å². The number of carbonyl (C=O) groups is 2. The summed E-state index contributed by atoms with van der Waals surface area (Å²) in [4.78, 5) is 24.3. The molecule has 1 aliphatic heterocycles. The Labute approximate surface area is 103 Å². The molecule has 1 heterocycles. The fourth-order valence-corrected chi connectivity index (χ4v) is 1.93. The average Bonchev–Trinajstić information content (AvgIpc) is 2.78. The van der Waals surface area contributed by atoms with Crippen LogP contribution in [-0.4, -0.2) is 49.9 Å². The molecule has 1 aliphatic rings. The van der Waals surface area contributed by atoms with Gasteiger partial charge in [0.1, 0.15) is 0 Å². The van der Waals surface area contributed by atoms with Crippen LogP contribution in [0.2, 0.25) is 0 Å². The first-order valence-corrected chi connectivity index (χ1v) is 6.30. The van der Waals surface area contributed by atoms with Crippen LogP contribution in [-0.2, 0) is 9.59 Å². The van der Waals surface area contributed by atoms with Gasteiger partial charge in [0.05, 0.1) is 0 Å². The van der Waals surface area contributed by atoms with E-state index < -0.39 is 0 Å². The van der Waals surface area contributed by atoms with Crippen LogP contribution in [0.1, 0.15) is 32.1 Å². The van der Waals surface area contributed by atoms with Gasteiger partial charge in [-0.3, -0.25) is 9.59 Å². The molecule has 0 saturated carbocycles. The van der Waals surface area contributed by atoms with Crippen molar-refractivity contribution in [2.45, 2.75) is 38.1 Å². The standard InChI is InChI=1S/C12H23N3O2/c1-15(2)12(17)7-9-14-11(16)6-5-10-4-3-8-13-10/h10,13H,3-9H2,1-2H3,(H,14,16). The topological polar surface area (TPSA) is 61.4 Å². The Kier molecular flexibility index (Phi) is 5.97. The van der Waals surface area contributed by atoms with E-state index in [2.05, 4.69) is 10.6 Å². The molecule has 5 heteroatoms. The lowest BCUT2D eigenvalue weighted by Gasteiger charge is -2.11. The van der Waals surface area contributed by atoms with Crippen molar-refractivity contribution in [3.8, 4) is 0 Å². The van der Waals surface area contributed by atoms with E-state index in [1.54, 1.807) is 14.1 Å². The minimum Gasteiger partial charge on any atom is -0.356 e. The average molecular weight is 241 g/mol. The van der Waals surface area contributed by atoms with E-state index in [0.29, 0.717) is 25.4 Å². The molecule has 1 fully saturated rings. The summed E-state index contributed by atoms with van der Waals surface area (Å²) in [5.74, 6) is 0.0908. The predicted octanol–water partition coefficient (Wildman–Crippen LogP) is 0.113. The Balaban J connectivity index is 2.02. The molecule has 0 bridgehead atoms. The quantitative estimate of drug-likeness (QED) is 0.694. The first-order chi connectivity index (χ1) is 8.09. The summed E-state index contributed by atoms with van der Waals surface area (Å²) in [5.41, 5.74) is 0. The first-order valence-electron chi connectivity index (χ1n) is 6.30. The molecule has 2 amide bonds. The minimum atomic E-state index is 0.0442. The summed E-state index contributed by atoms with van der Waals surface area (Å²) in [6.45, 7) is 1.51. The SMILES string of the molecule is CN(C)C(=O)CCNC(=O)CCC1CCCN1. The fourth-order valence-electron chi connectivity index (χ4n) is 1.93. The highest BCUT2D eigenvalue weighted by atomic mass is 16.2. The molecule has 0 aromatic carbocycles. The lowest BCUT2D eigenvalue weighted by molar-refractivity contribution is -0.128. The third kappa shape index (κ3) is 5.68. The van der Waals surface area contributed by atoms with Gasteiger partial charge in [-0.1, -0.05) is 0 Å². The number of rotatable bonds is 6. The van der Waals surface area contributed by atoms with Gasteiger partial charge in [0, 0.05) is 39.5 Å². The molecule has 0 aliphatic carbocycles. The lowest BCUT2D eigenvalue weighted by Crippen LogP contribution is -2.31. The van der Waals surface area contributed by atoms with Gasteiger partial charge in [0.15, 0.2) is 0 Å². The Morgan fingerprint density at radius 3 is 2.71 bits per heavy atom. The van der Waals surface area contributed by atoms with Crippen molar-refractivity contribution in [3.05, 3.63) is 0 Å². The second-order valence-electron chi connectivity index (χ2n) is 4.72. The van der Waals surface area contributed by atoms with Crippen LogP contribution in [0.5, 0.6) is 0 Å². The van der Waals surface area contributed by atoms with Crippen LogP contribution in [0, 0.1) is 0 Å². The molecule has 1 saturated heterocycles. The number of hydrogen-bond acceptors (Lipinski definition) is 3. The van der Waals surface area contributed by atoms with Gasteiger partial charge in [0.2, 0.25) is 11.8 Å². The molecular weight excluding hydrogens is 218 g/mol. The second kappa shape index (κ2) is 7.27. The van der Waals surface area contributed by atoms with Crippen LogP contribution in [0.3, 0.4) is 0 Å². The van der Waals surface area contributed by atoms with Crippen molar-refractivity contribution >= 4 is 11.8 Å². The molecule has 17 heavy (non-hydrogen) atoms. The van der Waals surface area contributed by atoms with Crippen LogP contribution < -0.4 is 10.6 Å². The number of carbonyl (C=O) groups excluding carboxylic acids is 2. The summed E-state index contributed by atoms with van der Waals surface area (Å²) >= 11 is 0. The monoisotopic (exact) mass is 241 g/mol. The maximum absolute atomic E-state index is 11.5. The number of nitrogens with zero attached hydrogens (tertiary/aromatic N) is 1. The lowest BCUT2D eigenvalue weighted by atomic mass is 10.1. The molecule has 0 aromatic rings. The third-order valence-electron chi connectivity index (χ3n) is 3.04. The Morgan fingerprint density at radius 2 is 2.12 bits per heavy atom. The Bertz CT molecular complexity index is 260. The summed E-state index contributed by atoms with van der Waals surface area (Å²) in [5, 5.41) is 6.14. The molecule has 0 spiro atoms. The molecule has 0 radical (unpaired) electrons. The van der Waals surface area contributed by atoms with Gasteiger partial charge >= 0.3 is 0 Å². The van der Waals surface area contributed by atoms with Crippen molar-refractivity contribution in [2.24, 2.45) is 0 Å². The summed E-state index contributed by atoms with van der Waals surface area (Å²) < 4.78 is 0. The molecule has 0 aromatic heterocycles. The van der Waals surface area contributed by atoms with E-state index in [-0.39, 0.29) is 11.8 Å². The Morgan fingerprint density at radius 1 is 1.35 bits per heavy atom. The molecular formula is C12H23N3O2. The maximum atomic E-state index is 11.5. The smallest absolute Gasteiger partial charge is 0.223 e. The van der Waals surface area contributed by atoms with E-state index in [0.717, 1.165) is 13.0 Å². The van der Waals surface area contributed by atoms with Crippen molar-refractivity contribution in [1.82, 2.24) is 15.5 Å².